The van der Waals surface area contributed by atoms with Crippen LogP contribution in [0.2, 0.25) is 0 Å². The molecule has 1 fully saturated rings. The first-order valence-electron chi connectivity index (χ1n) is 2.33. The molecule has 0 aromatic heterocycles. The van der Waals surface area contributed by atoms with Crippen molar-refractivity contribution in [1.82, 2.24) is 5.32 Å². The summed E-state index contributed by atoms with van der Waals surface area (Å²) in [5, 5.41) is 7.25. The van der Waals surface area contributed by atoms with Gasteiger partial charge >= 0.3 is 0 Å². The average Bonchev–Trinajstić information content (AvgIpc) is 1.16. The lowest BCUT2D eigenvalue weighted by molar-refractivity contribution is 0.496. The third-order valence-electron chi connectivity index (χ3n) is 1.21. The number of hydrogen-bond acceptors (Lipinski definition) is 3. The van der Waals surface area contributed by atoms with Gasteiger partial charge in [-0.3, -0.25) is 0 Å². The first-order chi connectivity index (χ1) is 3.61. The molecule has 4 nitrogen and oxygen atoms in total. The Morgan fingerprint density at radius 2 is 2.00 bits per heavy atom. The third kappa shape index (κ3) is 0.988. The molecule has 0 saturated carbocycles. The molecule has 1 rings (SSSR count). The monoisotopic (exact) mass is 136 g/mol. The van der Waals surface area contributed by atoms with Gasteiger partial charge in [0.15, 0.2) is 0 Å². The molecule has 5 heteroatoms. The topological polar surface area (TPSA) is 72.2 Å². The van der Waals surface area contributed by atoms with Crippen molar-refractivity contribution < 1.29 is 8.42 Å². The quantitative estimate of drug-likeness (QED) is 0.449. The highest BCUT2D eigenvalue weighted by molar-refractivity contribution is 7.89. The van der Waals surface area contributed by atoms with Crippen molar-refractivity contribution >= 4 is 10.0 Å². The van der Waals surface area contributed by atoms with E-state index < -0.39 is 10.0 Å². The lowest BCUT2D eigenvalue weighted by Gasteiger charge is -2.24. The van der Waals surface area contributed by atoms with Crippen LogP contribution in [0.15, 0.2) is 0 Å². The molecule has 1 heterocycles. The van der Waals surface area contributed by atoms with Crippen molar-refractivity contribution in [3.8, 4) is 0 Å². The zero-order chi connectivity index (χ0) is 6.20. The van der Waals surface area contributed by atoms with Gasteiger partial charge in [0.25, 0.3) is 0 Å². The van der Waals surface area contributed by atoms with Crippen molar-refractivity contribution in [2.24, 2.45) is 5.14 Å². The highest BCUT2D eigenvalue weighted by Gasteiger charge is 2.27. The van der Waals surface area contributed by atoms with Gasteiger partial charge in [0.2, 0.25) is 10.0 Å². The van der Waals surface area contributed by atoms with E-state index in [0.717, 1.165) is 0 Å². The molecular weight excluding hydrogens is 128 g/mol. The van der Waals surface area contributed by atoms with Crippen LogP contribution in [-0.4, -0.2) is 26.8 Å². The Kier molecular flexibility index (Phi) is 1.26. The van der Waals surface area contributed by atoms with Crippen molar-refractivity contribution in [2.75, 3.05) is 13.1 Å². The predicted molar refractivity (Wildman–Crippen MR) is 29.8 cm³/mol. The second-order valence-electron chi connectivity index (χ2n) is 1.87. The Labute approximate surface area is 48.1 Å². The van der Waals surface area contributed by atoms with Crippen LogP contribution in [0.1, 0.15) is 0 Å². The number of hydrogen-bond donors (Lipinski definition) is 2. The summed E-state index contributed by atoms with van der Waals surface area (Å²) in [6.07, 6.45) is 0. The molecule has 3 N–H and O–H groups in total. The minimum absolute atomic E-state index is 0.331. The summed E-state index contributed by atoms with van der Waals surface area (Å²) in [6, 6.07) is 0. The van der Waals surface area contributed by atoms with Crippen LogP contribution >= 0.6 is 0 Å². The van der Waals surface area contributed by atoms with Gasteiger partial charge in [0.1, 0.15) is 0 Å². The van der Waals surface area contributed by atoms with Crippen LogP contribution in [-0.2, 0) is 10.0 Å². The van der Waals surface area contributed by atoms with Crippen molar-refractivity contribution in [3.63, 3.8) is 0 Å². The maximum atomic E-state index is 10.4. The van der Waals surface area contributed by atoms with Crippen LogP contribution < -0.4 is 10.5 Å². The summed E-state index contributed by atoms with van der Waals surface area (Å²) in [4.78, 5) is 0. The summed E-state index contributed by atoms with van der Waals surface area (Å²) < 4.78 is 20.7. The minimum Gasteiger partial charge on any atom is -0.314 e. The fraction of sp³-hybridized carbons (Fsp3) is 1.00. The number of primary sulfonamides is 1. The van der Waals surface area contributed by atoms with Gasteiger partial charge in [0, 0.05) is 13.1 Å². The zero-order valence-electron chi connectivity index (χ0n) is 4.29. The normalized spacial score (nSPS) is 22.6. The standard InChI is InChI=1S/C3H8N2O2S/c4-8(6,7)3-1-5-2-3/h3,5H,1-2H2,(H2,4,6,7). The molecule has 1 aliphatic heterocycles. The van der Waals surface area contributed by atoms with E-state index in [1.165, 1.54) is 0 Å². The number of nitrogens with two attached hydrogens (primary N) is 1. The van der Waals surface area contributed by atoms with Crippen LogP contribution in [0.5, 0.6) is 0 Å². The maximum absolute atomic E-state index is 10.4. The van der Waals surface area contributed by atoms with Crippen LogP contribution in [0.25, 0.3) is 0 Å². The largest absolute Gasteiger partial charge is 0.314 e. The third-order valence-corrected chi connectivity index (χ3v) is 2.47. The van der Waals surface area contributed by atoms with E-state index in [1.54, 1.807) is 0 Å². The second kappa shape index (κ2) is 1.68. The van der Waals surface area contributed by atoms with Gasteiger partial charge in [-0.05, 0) is 0 Å². The lowest BCUT2D eigenvalue weighted by Crippen LogP contribution is -2.53. The molecule has 0 atom stereocenters. The SMILES string of the molecule is NS(=O)(=O)C1CNC1. The molecule has 0 unspecified atom stereocenters. The van der Waals surface area contributed by atoms with E-state index in [4.69, 9.17) is 5.14 Å². The molecule has 0 aromatic carbocycles. The van der Waals surface area contributed by atoms with Crippen LogP contribution in [0, 0.1) is 0 Å². The fourth-order valence-corrected chi connectivity index (χ4v) is 1.19. The van der Waals surface area contributed by atoms with E-state index in [9.17, 15) is 8.42 Å². The fourth-order valence-electron chi connectivity index (χ4n) is 0.494. The minimum atomic E-state index is -3.23. The number of nitrogens with one attached hydrogen (secondary N) is 1. The van der Waals surface area contributed by atoms with Crippen molar-refractivity contribution in [1.29, 1.82) is 0 Å². The first-order valence-corrected chi connectivity index (χ1v) is 3.94. The Hall–Kier alpha value is -0.130. The van der Waals surface area contributed by atoms with Crippen molar-refractivity contribution in [3.05, 3.63) is 0 Å². The molecule has 0 amide bonds. The van der Waals surface area contributed by atoms with Gasteiger partial charge in [-0.1, -0.05) is 0 Å². The van der Waals surface area contributed by atoms with E-state index in [1.807, 2.05) is 0 Å². The zero-order valence-corrected chi connectivity index (χ0v) is 5.11. The summed E-state index contributed by atoms with van der Waals surface area (Å²) >= 11 is 0. The molecule has 0 aromatic rings. The van der Waals surface area contributed by atoms with Gasteiger partial charge in [-0.2, -0.15) is 0 Å². The summed E-state index contributed by atoms with van der Waals surface area (Å²) in [7, 11) is -3.23. The summed E-state index contributed by atoms with van der Waals surface area (Å²) in [6.45, 7) is 1.03. The lowest BCUT2D eigenvalue weighted by atomic mass is 10.3. The molecular formula is C3H8N2O2S. The molecule has 8 heavy (non-hydrogen) atoms. The molecule has 0 aliphatic carbocycles. The Morgan fingerprint density at radius 3 is 2.00 bits per heavy atom. The summed E-state index contributed by atoms with van der Waals surface area (Å²) in [5.41, 5.74) is 0. The smallest absolute Gasteiger partial charge is 0.214 e. The van der Waals surface area contributed by atoms with Crippen LogP contribution in [0.4, 0.5) is 0 Å². The number of rotatable bonds is 1. The molecule has 0 spiro atoms. The Balaban J connectivity index is 2.60. The highest BCUT2D eigenvalue weighted by atomic mass is 32.2. The van der Waals surface area contributed by atoms with E-state index >= 15 is 0 Å². The van der Waals surface area contributed by atoms with Gasteiger partial charge in [0.05, 0.1) is 5.25 Å². The van der Waals surface area contributed by atoms with Gasteiger partial charge in [-0.25, -0.2) is 13.6 Å². The highest BCUT2D eigenvalue weighted by Crippen LogP contribution is 1.99. The average molecular weight is 136 g/mol. The van der Waals surface area contributed by atoms with Gasteiger partial charge < -0.3 is 5.32 Å². The summed E-state index contributed by atoms with van der Waals surface area (Å²) in [5.74, 6) is 0. The maximum Gasteiger partial charge on any atom is 0.214 e. The molecule has 48 valence electrons. The van der Waals surface area contributed by atoms with Crippen molar-refractivity contribution in [2.45, 2.75) is 5.25 Å². The van der Waals surface area contributed by atoms with E-state index in [2.05, 4.69) is 5.32 Å². The molecule has 0 bridgehead atoms. The predicted octanol–water partition coefficient (Wildman–Crippen LogP) is -1.75. The molecule has 1 aliphatic rings. The molecule has 0 radical (unpaired) electrons. The Morgan fingerprint density at radius 1 is 1.50 bits per heavy atom. The van der Waals surface area contributed by atoms with E-state index in [-0.39, 0.29) is 5.25 Å². The molecule has 1 saturated heterocycles. The van der Waals surface area contributed by atoms with Gasteiger partial charge in [-0.15, -0.1) is 0 Å². The van der Waals surface area contributed by atoms with Crippen LogP contribution in [0.3, 0.4) is 0 Å². The second-order valence-corrected chi connectivity index (χ2v) is 3.71. The van der Waals surface area contributed by atoms with E-state index in [0.29, 0.717) is 13.1 Å². The first kappa shape index (κ1) is 6.00. The number of sulfonamides is 1. The Bertz CT molecular complexity index is 170.